The number of hydrazine groups is 1. The van der Waals surface area contributed by atoms with E-state index in [1.165, 1.54) is 5.56 Å². The molecule has 0 saturated carbocycles. The van der Waals surface area contributed by atoms with Crippen LogP contribution in [0.2, 0.25) is 0 Å². The Morgan fingerprint density at radius 1 is 0.800 bits per heavy atom. The summed E-state index contributed by atoms with van der Waals surface area (Å²) in [4.78, 5) is 24.4. The highest BCUT2D eigenvalue weighted by Crippen LogP contribution is 2.14. The number of hydrogen-bond acceptors (Lipinski definition) is 4. The Kier molecular flexibility index (Phi) is 7.44. The van der Waals surface area contributed by atoms with Crippen molar-refractivity contribution in [3.05, 3.63) is 95.6 Å². The van der Waals surface area contributed by atoms with Gasteiger partial charge in [0.1, 0.15) is 11.5 Å². The Bertz CT molecular complexity index is 972. The molecule has 2 amide bonds. The lowest BCUT2D eigenvalue weighted by Crippen LogP contribution is -2.42. The van der Waals surface area contributed by atoms with Crippen molar-refractivity contribution < 1.29 is 19.1 Å². The van der Waals surface area contributed by atoms with Crippen molar-refractivity contribution in [3.8, 4) is 11.5 Å². The molecule has 0 fully saturated rings. The van der Waals surface area contributed by atoms with Crippen LogP contribution in [-0.2, 0) is 17.6 Å². The molecule has 3 aromatic rings. The second kappa shape index (κ2) is 10.7. The summed E-state index contributed by atoms with van der Waals surface area (Å²) in [5, 5.41) is 0. The zero-order valence-corrected chi connectivity index (χ0v) is 16.8. The number of ether oxygens (including phenoxy) is 2. The first-order chi connectivity index (χ1) is 14.6. The first-order valence-corrected chi connectivity index (χ1v) is 9.63. The average molecular weight is 404 g/mol. The fourth-order valence-corrected chi connectivity index (χ4v) is 2.83. The highest BCUT2D eigenvalue weighted by Gasteiger charge is 2.09. The molecule has 0 aliphatic rings. The molecular formula is C24H24N2O4. The molecule has 3 aromatic carbocycles. The minimum Gasteiger partial charge on any atom is -0.497 e. The van der Waals surface area contributed by atoms with Crippen LogP contribution in [0, 0.1) is 0 Å². The third-order valence-corrected chi connectivity index (χ3v) is 4.44. The molecule has 0 radical (unpaired) electrons. The maximum absolute atomic E-state index is 12.3. The fraction of sp³-hybridized carbons (Fsp3) is 0.167. The lowest BCUT2D eigenvalue weighted by molar-refractivity contribution is -0.121. The Balaban J connectivity index is 1.46. The molecule has 0 atom stereocenters. The standard InChI is InChI=1S/C24H24N2O4/c1-29-21-12-10-19(11-13-21)16-23(27)25-26-24(28)20-8-5-9-22(17-20)30-15-14-18-6-3-2-4-7-18/h2-13,17H,14-16H2,1H3,(H,25,27)(H,26,28). The molecule has 0 aliphatic carbocycles. The lowest BCUT2D eigenvalue weighted by Gasteiger charge is -2.10. The molecule has 6 heteroatoms. The zero-order valence-electron chi connectivity index (χ0n) is 16.8. The van der Waals surface area contributed by atoms with Gasteiger partial charge >= 0.3 is 0 Å². The van der Waals surface area contributed by atoms with Gasteiger partial charge in [0, 0.05) is 12.0 Å². The first kappa shape index (κ1) is 20.9. The van der Waals surface area contributed by atoms with E-state index in [1.54, 1.807) is 55.6 Å². The molecule has 0 spiro atoms. The number of carbonyl (C=O) groups is 2. The zero-order chi connectivity index (χ0) is 21.2. The minimum absolute atomic E-state index is 0.146. The molecule has 3 rings (SSSR count). The number of carbonyl (C=O) groups excluding carboxylic acids is 2. The van der Waals surface area contributed by atoms with E-state index < -0.39 is 5.91 Å². The van der Waals surface area contributed by atoms with Crippen molar-refractivity contribution in [3.63, 3.8) is 0 Å². The smallest absolute Gasteiger partial charge is 0.269 e. The number of benzene rings is 3. The fourth-order valence-electron chi connectivity index (χ4n) is 2.83. The van der Waals surface area contributed by atoms with E-state index in [9.17, 15) is 9.59 Å². The molecule has 154 valence electrons. The predicted octanol–water partition coefficient (Wildman–Crippen LogP) is 3.32. The number of rotatable bonds is 8. The first-order valence-electron chi connectivity index (χ1n) is 9.63. The van der Waals surface area contributed by atoms with Gasteiger partial charge in [-0.3, -0.25) is 20.4 Å². The Morgan fingerprint density at radius 2 is 1.57 bits per heavy atom. The van der Waals surface area contributed by atoms with Crippen molar-refractivity contribution in [1.82, 2.24) is 10.9 Å². The molecule has 0 unspecified atom stereocenters. The van der Waals surface area contributed by atoms with E-state index in [2.05, 4.69) is 10.9 Å². The summed E-state index contributed by atoms with van der Waals surface area (Å²) >= 11 is 0. The topological polar surface area (TPSA) is 76.7 Å². The highest BCUT2D eigenvalue weighted by molar-refractivity contribution is 5.95. The van der Waals surface area contributed by atoms with Gasteiger partial charge in [0.05, 0.1) is 20.1 Å². The van der Waals surface area contributed by atoms with Crippen molar-refractivity contribution in [2.24, 2.45) is 0 Å². The Morgan fingerprint density at radius 3 is 2.30 bits per heavy atom. The maximum atomic E-state index is 12.3. The van der Waals surface area contributed by atoms with Gasteiger partial charge in [0.15, 0.2) is 0 Å². The van der Waals surface area contributed by atoms with Crippen LogP contribution in [0.3, 0.4) is 0 Å². The van der Waals surface area contributed by atoms with E-state index in [0.717, 1.165) is 17.7 Å². The number of methoxy groups -OCH3 is 1. The van der Waals surface area contributed by atoms with Gasteiger partial charge in [-0.2, -0.15) is 0 Å². The van der Waals surface area contributed by atoms with Crippen LogP contribution in [0.4, 0.5) is 0 Å². The summed E-state index contributed by atoms with van der Waals surface area (Å²) in [7, 11) is 1.58. The molecule has 6 nitrogen and oxygen atoms in total. The van der Waals surface area contributed by atoms with Gasteiger partial charge in [-0.25, -0.2) is 0 Å². The predicted molar refractivity (Wildman–Crippen MR) is 114 cm³/mol. The SMILES string of the molecule is COc1ccc(CC(=O)NNC(=O)c2cccc(OCCc3ccccc3)c2)cc1. The van der Waals surface area contributed by atoms with Crippen LogP contribution >= 0.6 is 0 Å². The third kappa shape index (κ3) is 6.38. The highest BCUT2D eigenvalue weighted by atomic mass is 16.5. The number of nitrogens with one attached hydrogen (secondary N) is 2. The van der Waals surface area contributed by atoms with Crippen LogP contribution in [0.15, 0.2) is 78.9 Å². The van der Waals surface area contributed by atoms with E-state index in [1.807, 2.05) is 30.3 Å². The van der Waals surface area contributed by atoms with E-state index in [4.69, 9.17) is 9.47 Å². The average Bonchev–Trinajstić information content (AvgIpc) is 2.79. The number of hydrogen-bond donors (Lipinski definition) is 2. The van der Waals surface area contributed by atoms with E-state index in [0.29, 0.717) is 17.9 Å². The number of amides is 2. The second-order valence-electron chi connectivity index (χ2n) is 6.64. The van der Waals surface area contributed by atoms with Gasteiger partial charge in [-0.15, -0.1) is 0 Å². The Labute approximate surface area is 175 Å². The molecule has 0 aliphatic heterocycles. The second-order valence-corrected chi connectivity index (χ2v) is 6.64. The molecule has 0 aromatic heterocycles. The minimum atomic E-state index is -0.411. The maximum Gasteiger partial charge on any atom is 0.269 e. The van der Waals surface area contributed by atoms with Gasteiger partial charge in [0.25, 0.3) is 5.91 Å². The van der Waals surface area contributed by atoms with Gasteiger partial charge < -0.3 is 9.47 Å². The summed E-state index contributed by atoms with van der Waals surface area (Å²) in [6.45, 7) is 0.508. The molecular weight excluding hydrogens is 380 g/mol. The summed E-state index contributed by atoms with van der Waals surface area (Å²) in [5.41, 5.74) is 7.27. The van der Waals surface area contributed by atoms with Crippen LogP contribution < -0.4 is 20.3 Å². The van der Waals surface area contributed by atoms with Crippen molar-refractivity contribution in [2.45, 2.75) is 12.8 Å². The van der Waals surface area contributed by atoms with Gasteiger partial charge in [-0.05, 0) is 41.5 Å². The summed E-state index contributed by atoms with van der Waals surface area (Å²) in [6, 6.07) is 24.1. The molecule has 0 bridgehead atoms. The van der Waals surface area contributed by atoms with Crippen molar-refractivity contribution in [1.29, 1.82) is 0 Å². The molecule has 0 saturated heterocycles. The van der Waals surface area contributed by atoms with Crippen LogP contribution in [0.25, 0.3) is 0 Å². The van der Waals surface area contributed by atoms with Gasteiger partial charge in [0.2, 0.25) is 5.91 Å². The Hall–Kier alpha value is -3.80. The monoisotopic (exact) mass is 404 g/mol. The summed E-state index contributed by atoms with van der Waals surface area (Å²) < 4.78 is 10.8. The molecule has 2 N–H and O–H groups in total. The molecule has 30 heavy (non-hydrogen) atoms. The normalized spacial score (nSPS) is 10.2. The van der Waals surface area contributed by atoms with Gasteiger partial charge in [-0.1, -0.05) is 48.5 Å². The summed E-state index contributed by atoms with van der Waals surface area (Å²) in [5.74, 6) is 0.594. The summed E-state index contributed by atoms with van der Waals surface area (Å²) in [6.07, 6.45) is 0.922. The van der Waals surface area contributed by atoms with Crippen LogP contribution in [0.1, 0.15) is 21.5 Å². The van der Waals surface area contributed by atoms with Crippen molar-refractivity contribution in [2.75, 3.05) is 13.7 Å². The van der Waals surface area contributed by atoms with Crippen molar-refractivity contribution >= 4 is 11.8 Å². The van der Waals surface area contributed by atoms with E-state index in [-0.39, 0.29) is 12.3 Å². The largest absolute Gasteiger partial charge is 0.497 e. The van der Waals surface area contributed by atoms with Crippen LogP contribution in [-0.4, -0.2) is 25.5 Å². The lowest BCUT2D eigenvalue weighted by atomic mass is 10.1. The van der Waals surface area contributed by atoms with Crippen LogP contribution in [0.5, 0.6) is 11.5 Å². The molecule has 0 heterocycles. The third-order valence-electron chi connectivity index (χ3n) is 4.44. The van der Waals surface area contributed by atoms with E-state index >= 15 is 0 Å². The quantitative estimate of drug-likeness (QED) is 0.565.